The number of nitrogens with one attached hydrogen (secondary N) is 1. The summed E-state index contributed by atoms with van der Waals surface area (Å²) in [7, 11) is 0. The number of nitrogens with zero attached hydrogens (tertiary/aromatic N) is 1. The monoisotopic (exact) mass is 330 g/mol. The second-order valence-corrected chi connectivity index (χ2v) is 6.43. The van der Waals surface area contributed by atoms with Crippen molar-refractivity contribution in [3.8, 4) is 0 Å². The van der Waals surface area contributed by atoms with Crippen LogP contribution in [0, 0.1) is 0 Å². The van der Waals surface area contributed by atoms with Gasteiger partial charge in [-0.2, -0.15) is 0 Å². The number of carbonyl (C=O) groups is 2. The van der Waals surface area contributed by atoms with Crippen molar-refractivity contribution in [1.82, 2.24) is 4.90 Å². The first-order valence-electron chi connectivity index (χ1n) is 7.56. The summed E-state index contributed by atoms with van der Waals surface area (Å²) in [5, 5.41) is 14.0. The molecule has 6 heteroatoms. The van der Waals surface area contributed by atoms with Gasteiger partial charge >= 0.3 is 0 Å². The molecule has 1 aromatic heterocycles. The van der Waals surface area contributed by atoms with Crippen LogP contribution < -0.4 is 5.32 Å². The smallest absolute Gasteiger partial charge is 0.265 e. The van der Waals surface area contributed by atoms with E-state index in [2.05, 4.69) is 5.32 Å². The topological polar surface area (TPSA) is 69.6 Å². The Hall–Kier alpha value is -2.18. The fourth-order valence-corrected chi connectivity index (χ4v) is 3.37. The van der Waals surface area contributed by atoms with Crippen molar-refractivity contribution >= 4 is 28.8 Å². The highest BCUT2D eigenvalue weighted by Gasteiger charge is 2.28. The Bertz CT molecular complexity index is 682. The molecule has 2 aromatic rings. The van der Waals surface area contributed by atoms with Crippen molar-refractivity contribution in [3.63, 3.8) is 0 Å². The Morgan fingerprint density at radius 3 is 2.70 bits per heavy atom. The zero-order chi connectivity index (χ0) is 16.2. The van der Waals surface area contributed by atoms with Crippen LogP contribution in [0.3, 0.4) is 0 Å². The quantitative estimate of drug-likeness (QED) is 0.905. The molecular weight excluding hydrogens is 312 g/mol. The summed E-state index contributed by atoms with van der Waals surface area (Å²) in [6, 6.07) is 10.4. The minimum absolute atomic E-state index is 0.000689. The number of carbonyl (C=O) groups excluding carboxylic acids is 2. The van der Waals surface area contributed by atoms with Crippen LogP contribution >= 0.6 is 11.3 Å². The molecule has 5 nitrogen and oxygen atoms in total. The van der Waals surface area contributed by atoms with E-state index < -0.39 is 0 Å². The SMILES string of the molecule is O=C(Nc1ccc(C(=O)N2CCC[C@@H]2CO)cc1)c1cccs1. The molecule has 1 atom stereocenters. The standard InChI is InChI=1S/C17H18N2O3S/c20-11-14-3-1-9-19(14)17(22)12-5-7-13(8-6-12)18-16(21)15-4-2-10-23-15/h2,4-8,10,14,20H,1,3,9,11H2,(H,18,21)/t14-/m1/s1. The van der Waals surface area contributed by atoms with Crippen LogP contribution in [0.5, 0.6) is 0 Å². The molecular formula is C17H18N2O3S. The molecule has 0 spiro atoms. The van der Waals surface area contributed by atoms with Crippen LogP contribution in [0.25, 0.3) is 0 Å². The molecule has 3 rings (SSSR count). The molecule has 1 fully saturated rings. The lowest BCUT2D eigenvalue weighted by atomic mass is 10.1. The van der Waals surface area contributed by atoms with E-state index in [1.54, 1.807) is 35.2 Å². The number of rotatable bonds is 4. The maximum Gasteiger partial charge on any atom is 0.265 e. The summed E-state index contributed by atoms with van der Waals surface area (Å²) in [6.45, 7) is 0.682. The summed E-state index contributed by atoms with van der Waals surface area (Å²) in [5.74, 6) is -0.225. The van der Waals surface area contributed by atoms with Crippen LogP contribution in [0.4, 0.5) is 5.69 Å². The Morgan fingerprint density at radius 2 is 2.04 bits per heavy atom. The van der Waals surface area contributed by atoms with Crippen molar-refractivity contribution in [2.45, 2.75) is 18.9 Å². The minimum Gasteiger partial charge on any atom is -0.394 e. The van der Waals surface area contributed by atoms with E-state index in [0.29, 0.717) is 22.7 Å². The van der Waals surface area contributed by atoms with Crippen molar-refractivity contribution in [3.05, 3.63) is 52.2 Å². The Labute approximate surface area is 138 Å². The lowest BCUT2D eigenvalue weighted by molar-refractivity contribution is 0.0677. The number of amides is 2. The van der Waals surface area contributed by atoms with Gasteiger partial charge in [0.25, 0.3) is 11.8 Å². The molecule has 1 aliphatic rings. The average Bonchev–Trinajstić information content (AvgIpc) is 3.26. The van der Waals surface area contributed by atoms with Gasteiger partial charge in [-0.3, -0.25) is 9.59 Å². The van der Waals surface area contributed by atoms with Gasteiger partial charge in [-0.15, -0.1) is 11.3 Å². The normalized spacial score (nSPS) is 17.3. The van der Waals surface area contributed by atoms with E-state index in [1.807, 2.05) is 11.4 Å². The van der Waals surface area contributed by atoms with Crippen molar-refractivity contribution in [2.75, 3.05) is 18.5 Å². The molecule has 1 aromatic carbocycles. The fraction of sp³-hybridized carbons (Fsp3) is 0.294. The molecule has 0 aliphatic carbocycles. The molecule has 2 amide bonds. The number of hydrogen-bond acceptors (Lipinski definition) is 4. The van der Waals surface area contributed by atoms with Gasteiger partial charge in [0.2, 0.25) is 0 Å². The number of hydrogen-bond donors (Lipinski definition) is 2. The van der Waals surface area contributed by atoms with E-state index in [-0.39, 0.29) is 24.5 Å². The largest absolute Gasteiger partial charge is 0.394 e. The van der Waals surface area contributed by atoms with Gasteiger partial charge in [-0.05, 0) is 48.6 Å². The third kappa shape index (κ3) is 3.43. The molecule has 0 saturated carbocycles. The van der Waals surface area contributed by atoms with Gasteiger partial charge in [0.05, 0.1) is 17.5 Å². The van der Waals surface area contributed by atoms with Gasteiger partial charge in [-0.1, -0.05) is 6.07 Å². The van der Waals surface area contributed by atoms with Gasteiger partial charge in [0.15, 0.2) is 0 Å². The zero-order valence-electron chi connectivity index (χ0n) is 12.6. The van der Waals surface area contributed by atoms with Crippen LogP contribution in [-0.2, 0) is 0 Å². The lowest BCUT2D eigenvalue weighted by Crippen LogP contribution is -2.37. The first kappa shape index (κ1) is 15.7. The van der Waals surface area contributed by atoms with Crippen LogP contribution in [0.2, 0.25) is 0 Å². The second kappa shape index (κ2) is 6.93. The van der Waals surface area contributed by atoms with Crippen LogP contribution in [-0.4, -0.2) is 41.0 Å². The zero-order valence-corrected chi connectivity index (χ0v) is 13.4. The molecule has 23 heavy (non-hydrogen) atoms. The van der Waals surface area contributed by atoms with Gasteiger partial charge < -0.3 is 15.3 Å². The van der Waals surface area contributed by atoms with E-state index in [0.717, 1.165) is 12.8 Å². The lowest BCUT2D eigenvalue weighted by Gasteiger charge is -2.23. The van der Waals surface area contributed by atoms with E-state index in [4.69, 9.17) is 0 Å². The molecule has 1 saturated heterocycles. The van der Waals surface area contributed by atoms with Gasteiger partial charge in [-0.25, -0.2) is 0 Å². The Kier molecular flexibility index (Phi) is 4.73. The summed E-state index contributed by atoms with van der Waals surface area (Å²) in [4.78, 5) is 26.8. The number of aliphatic hydroxyl groups is 1. The highest BCUT2D eigenvalue weighted by molar-refractivity contribution is 7.12. The molecule has 1 aliphatic heterocycles. The summed E-state index contributed by atoms with van der Waals surface area (Å²) >= 11 is 1.38. The Morgan fingerprint density at radius 1 is 1.26 bits per heavy atom. The second-order valence-electron chi connectivity index (χ2n) is 5.49. The minimum atomic E-state index is -0.154. The van der Waals surface area contributed by atoms with E-state index in [9.17, 15) is 14.7 Å². The molecule has 2 heterocycles. The van der Waals surface area contributed by atoms with Crippen molar-refractivity contribution in [2.24, 2.45) is 0 Å². The third-order valence-electron chi connectivity index (χ3n) is 3.98. The Balaban J connectivity index is 1.67. The van der Waals surface area contributed by atoms with Gasteiger partial charge in [0.1, 0.15) is 0 Å². The first-order valence-corrected chi connectivity index (χ1v) is 8.44. The molecule has 120 valence electrons. The predicted octanol–water partition coefficient (Wildman–Crippen LogP) is 2.60. The molecule has 2 N–H and O–H groups in total. The molecule has 0 radical (unpaired) electrons. The number of thiophene rings is 1. The fourth-order valence-electron chi connectivity index (χ4n) is 2.76. The molecule has 0 unspecified atom stereocenters. The van der Waals surface area contributed by atoms with E-state index in [1.165, 1.54) is 11.3 Å². The highest BCUT2D eigenvalue weighted by Crippen LogP contribution is 2.21. The predicted molar refractivity (Wildman–Crippen MR) is 89.9 cm³/mol. The van der Waals surface area contributed by atoms with Crippen molar-refractivity contribution in [1.29, 1.82) is 0 Å². The van der Waals surface area contributed by atoms with E-state index >= 15 is 0 Å². The number of benzene rings is 1. The first-order chi connectivity index (χ1) is 11.2. The van der Waals surface area contributed by atoms with Gasteiger partial charge in [0, 0.05) is 17.8 Å². The summed E-state index contributed by atoms with van der Waals surface area (Å²) in [6.07, 6.45) is 1.77. The number of anilines is 1. The average molecular weight is 330 g/mol. The highest BCUT2D eigenvalue weighted by atomic mass is 32.1. The summed E-state index contributed by atoms with van der Waals surface area (Å²) in [5.41, 5.74) is 1.22. The third-order valence-corrected chi connectivity index (χ3v) is 4.85. The van der Waals surface area contributed by atoms with Crippen LogP contribution in [0.15, 0.2) is 41.8 Å². The van der Waals surface area contributed by atoms with Crippen molar-refractivity contribution < 1.29 is 14.7 Å². The molecule has 0 bridgehead atoms. The number of likely N-dealkylation sites (tertiary alicyclic amines) is 1. The maximum atomic E-state index is 12.5. The summed E-state index contributed by atoms with van der Waals surface area (Å²) < 4.78 is 0. The van der Waals surface area contributed by atoms with Crippen LogP contribution in [0.1, 0.15) is 32.9 Å². The maximum absolute atomic E-state index is 12.5. The number of aliphatic hydroxyl groups excluding tert-OH is 1.